The van der Waals surface area contributed by atoms with Crippen LogP contribution in [0.4, 0.5) is 5.82 Å². The zero-order valence-electron chi connectivity index (χ0n) is 18.9. The smallest absolute Gasteiger partial charge is 0.243 e. The van der Waals surface area contributed by atoms with Gasteiger partial charge < -0.3 is 9.64 Å². The summed E-state index contributed by atoms with van der Waals surface area (Å²) in [7, 11) is -1.97. The predicted molar refractivity (Wildman–Crippen MR) is 126 cm³/mol. The molecule has 8 heteroatoms. The Morgan fingerprint density at radius 2 is 1.59 bits per heavy atom. The molecule has 2 heterocycles. The molecule has 0 aliphatic carbocycles. The molecule has 0 radical (unpaired) electrons. The lowest BCUT2D eigenvalue weighted by Crippen LogP contribution is -2.49. The van der Waals surface area contributed by atoms with E-state index in [2.05, 4.69) is 47.1 Å². The van der Waals surface area contributed by atoms with Gasteiger partial charge in [0.2, 0.25) is 10.0 Å². The van der Waals surface area contributed by atoms with Gasteiger partial charge in [-0.1, -0.05) is 23.8 Å². The van der Waals surface area contributed by atoms with Crippen molar-refractivity contribution < 1.29 is 13.2 Å². The molecule has 1 aliphatic rings. The third-order valence-corrected chi connectivity index (χ3v) is 7.77. The van der Waals surface area contributed by atoms with Crippen LogP contribution in [-0.4, -0.2) is 56.2 Å². The highest BCUT2D eigenvalue weighted by Crippen LogP contribution is 2.26. The van der Waals surface area contributed by atoms with E-state index in [0.29, 0.717) is 36.8 Å². The normalized spacial score (nSPS) is 15.1. The molecule has 0 bridgehead atoms. The summed E-state index contributed by atoms with van der Waals surface area (Å²) in [6.45, 7) is 7.90. The minimum atomic E-state index is -3.55. The number of hydrogen-bond donors (Lipinski definition) is 0. The van der Waals surface area contributed by atoms with E-state index in [4.69, 9.17) is 4.74 Å². The van der Waals surface area contributed by atoms with Crippen molar-refractivity contribution in [3.63, 3.8) is 0 Å². The summed E-state index contributed by atoms with van der Waals surface area (Å²) in [5.74, 6) is 1.44. The van der Waals surface area contributed by atoms with E-state index < -0.39 is 10.0 Å². The fourth-order valence-corrected chi connectivity index (χ4v) is 5.56. The first kappa shape index (κ1) is 22.2. The van der Waals surface area contributed by atoms with E-state index in [0.717, 1.165) is 22.6 Å². The zero-order chi connectivity index (χ0) is 22.9. The third kappa shape index (κ3) is 4.33. The Morgan fingerprint density at radius 1 is 0.844 bits per heavy atom. The second kappa shape index (κ2) is 8.88. The molecule has 4 rings (SSSR count). The van der Waals surface area contributed by atoms with E-state index in [1.165, 1.54) is 15.4 Å². The Labute approximate surface area is 189 Å². The van der Waals surface area contributed by atoms with Gasteiger partial charge in [-0.2, -0.15) is 4.31 Å². The molecular formula is C24H28N4O3S. The Morgan fingerprint density at radius 3 is 2.19 bits per heavy atom. The van der Waals surface area contributed by atoms with Crippen LogP contribution in [0.1, 0.15) is 16.7 Å². The van der Waals surface area contributed by atoms with Crippen molar-refractivity contribution in [2.45, 2.75) is 25.7 Å². The topological polar surface area (TPSA) is 75.6 Å². The minimum absolute atomic E-state index is 0.293. The monoisotopic (exact) mass is 452 g/mol. The number of hydrogen-bond acceptors (Lipinski definition) is 6. The lowest BCUT2D eigenvalue weighted by Gasteiger charge is -2.34. The summed E-state index contributed by atoms with van der Waals surface area (Å²) in [6.07, 6.45) is 0. The molecule has 32 heavy (non-hydrogen) atoms. The fourth-order valence-electron chi connectivity index (χ4n) is 4.06. The number of ether oxygens (including phenoxy) is 1. The maximum Gasteiger partial charge on any atom is 0.243 e. The summed E-state index contributed by atoms with van der Waals surface area (Å²) in [5.41, 5.74) is 5.09. The van der Waals surface area contributed by atoms with Gasteiger partial charge in [-0.3, -0.25) is 0 Å². The van der Waals surface area contributed by atoms with Gasteiger partial charge in [0, 0.05) is 31.7 Å². The maximum absolute atomic E-state index is 13.1. The van der Waals surface area contributed by atoms with Gasteiger partial charge in [0.25, 0.3) is 0 Å². The Hall–Kier alpha value is -2.97. The van der Waals surface area contributed by atoms with Crippen LogP contribution < -0.4 is 9.64 Å². The van der Waals surface area contributed by atoms with Crippen LogP contribution in [0.3, 0.4) is 0 Å². The number of benzene rings is 2. The lowest BCUT2D eigenvalue weighted by atomic mass is 10.0. The van der Waals surface area contributed by atoms with Gasteiger partial charge >= 0.3 is 0 Å². The highest BCUT2D eigenvalue weighted by atomic mass is 32.2. The summed E-state index contributed by atoms with van der Waals surface area (Å²) in [6, 6.07) is 15.2. The number of aromatic nitrogens is 2. The van der Waals surface area contributed by atoms with Crippen molar-refractivity contribution in [1.29, 1.82) is 0 Å². The SMILES string of the molecule is COc1ccc(S(=O)(=O)N2CCN(c3ccc(-c4ccc(C)cc4C)nn3)CC2)cc1C. The highest BCUT2D eigenvalue weighted by Gasteiger charge is 2.29. The van der Waals surface area contributed by atoms with E-state index in [1.54, 1.807) is 25.3 Å². The molecule has 0 spiro atoms. The Balaban J connectivity index is 1.45. The molecule has 0 atom stereocenters. The van der Waals surface area contributed by atoms with E-state index in [9.17, 15) is 8.42 Å². The lowest BCUT2D eigenvalue weighted by molar-refractivity contribution is 0.383. The fraction of sp³-hybridized carbons (Fsp3) is 0.333. The Bertz CT molecular complexity index is 1220. The molecule has 0 amide bonds. The quantitative estimate of drug-likeness (QED) is 0.589. The van der Waals surface area contributed by atoms with Crippen molar-refractivity contribution in [2.75, 3.05) is 38.2 Å². The maximum atomic E-state index is 13.1. The number of sulfonamides is 1. The van der Waals surface area contributed by atoms with Gasteiger partial charge in [0.1, 0.15) is 5.75 Å². The number of nitrogens with zero attached hydrogens (tertiary/aromatic N) is 4. The largest absolute Gasteiger partial charge is 0.496 e. The van der Waals surface area contributed by atoms with Crippen LogP contribution in [-0.2, 0) is 10.0 Å². The molecule has 0 saturated carbocycles. The molecule has 1 aromatic heterocycles. The number of methoxy groups -OCH3 is 1. The van der Waals surface area contributed by atoms with Crippen LogP contribution >= 0.6 is 0 Å². The number of aryl methyl sites for hydroxylation is 3. The van der Waals surface area contributed by atoms with Crippen LogP contribution in [0.5, 0.6) is 5.75 Å². The van der Waals surface area contributed by atoms with Crippen LogP contribution in [0.25, 0.3) is 11.3 Å². The van der Waals surface area contributed by atoms with Crippen LogP contribution in [0.2, 0.25) is 0 Å². The predicted octanol–water partition coefficient (Wildman–Crippen LogP) is 3.59. The standard InChI is InChI=1S/C24H28N4O3S/c1-17-5-7-21(18(2)15-17)22-8-10-24(26-25-22)27-11-13-28(14-12-27)32(29,30)20-6-9-23(31-4)19(3)16-20/h5-10,15-16H,11-14H2,1-4H3. The molecule has 1 aliphatic heterocycles. The first-order valence-electron chi connectivity index (χ1n) is 10.6. The van der Waals surface area contributed by atoms with Gasteiger partial charge in [-0.15, -0.1) is 10.2 Å². The summed E-state index contributed by atoms with van der Waals surface area (Å²) in [5, 5.41) is 8.83. The molecule has 1 saturated heterocycles. The number of rotatable bonds is 5. The third-order valence-electron chi connectivity index (χ3n) is 5.88. The van der Waals surface area contributed by atoms with Gasteiger partial charge in [-0.25, -0.2) is 8.42 Å². The molecule has 168 valence electrons. The molecule has 3 aromatic rings. The van der Waals surface area contributed by atoms with Crippen molar-refractivity contribution >= 4 is 15.8 Å². The summed E-state index contributed by atoms with van der Waals surface area (Å²) < 4.78 is 32.9. The second-order valence-electron chi connectivity index (χ2n) is 8.12. The molecule has 0 N–H and O–H groups in total. The van der Waals surface area contributed by atoms with E-state index in [-0.39, 0.29) is 0 Å². The first-order chi connectivity index (χ1) is 15.3. The second-order valence-corrected chi connectivity index (χ2v) is 10.1. The van der Waals surface area contributed by atoms with Crippen LogP contribution in [0.15, 0.2) is 53.4 Å². The Kier molecular flexibility index (Phi) is 6.17. The molecule has 1 fully saturated rings. The summed E-state index contributed by atoms with van der Waals surface area (Å²) >= 11 is 0. The van der Waals surface area contributed by atoms with E-state index in [1.807, 2.05) is 19.1 Å². The average Bonchev–Trinajstić information content (AvgIpc) is 2.79. The van der Waals surface area contributed by atoms with E-state index >= 15 is 0 Å². The van der Waals surface area contributed by atoms with Crippen molar-refractivity contribution in [3.8, 4) is 17.0 Å². The molecule has 7 nitrogen and oxygen atoms in total. The summed E-state index contributed by atoms with van der Waals surface area (Å²) in [4.78, 5) is 2.37. The van der Waals surface area contributed by atoms with Gasteiger partial charge in [0.05, 0.1) is 17.7 Å². The molecule has 2 aromatic carbocycles. The van der Waals surface area contributed by atoms with Crippen molar-refractivity contribution in [2.24, 2.45) is 0 Å². The average molecular weight is 453 g/mol. The van der Waals surface area contributed by atoms with Crippen molar-refractivity contribution in [3.05, 3.63) is 65.2 Å². The molecule has 0 unspecified atom stereocenters. The molecular weight excluding hydrogens is 424 g/mol. The number of piperazine rings is 1. The first-order valence-corrected chi connectivity index (χ1v) is 12.0. The van der Waals surface area contributed by atoms with Crippen molar-refractivity contribution in [1.82, 2.24) is 14.5 Å². The van der Waals surface area contributed by atoms with Crippen LogP contribution in [0, 0.1) is 20.8 Å². The van der Waals surface area contributed by atoms with Gasteiger partial charge in [0.15, 0.2) is 5.82 Å². The highest BCUT2D eigenvalue weighted by molar-refractivity contribution is 7.89. The number of anilines is 1. The zero-order valence-corrected chi connectivity index (χ0v) is 19.7. The minimum Gasteiger partial charge on any atom is -0.496 e. The van der Waals surface area contributed by atoms with Gasteiger partial charge in [-0.05, 0) is 62.2 Å².